The summed E-state index contributed by atoms with van der Waals surface area (Å²) in [7, 11) is 0. The number of nitrogen functional groups attached to an aromatic ring is 1. The summed E-state index contributed by atoms with van der Waals surface area (Å²) < 4.78 is 0. The molecule has 0 amide bonds. The average Bonchev–Trinajstić information content (AvgIpc) is 2.46. The van der Waals surface area contributed by atoms with Crippen LogP contribution in [0.4, 0.5) is 5.82 Å². The number of halogens is 1. The molecule has 1 aromatic carbocycles. The van der Waals surface area contributed by atoms with Crippen molar-refractivity contribution in [1.29, 1.82) is 0 Å². The highest BCUT2D eigenvalue weighted by Crippen LogP contribution is 2.29. The van der Waals surface area contributed by atoms with Crippen LogP contribution in [0.15, 0.2) is 48.7 Å². The van der Waals surface area contributed by atoms with Crippen LogP contribution in [0.1, 0.15) is 0 Å². The number of anilines is 1. The lowest BCUT2D eigenvalue weighted by atomic mass is 10.1. The highest BCUT2D eigenvalue weighted by molar-refractivity contribution is 6.30. The van der Waals surface area contributed by atoms with E-state index in [-0.39, 0.29) is 0 Å². The van der Waals surface area contributed by atoms with Gasteiger partial charge in [0.25, 0.3) is 0 Å². The summed E-state index contributed by atoms with van der Waals surface area (Å²) in [6.07, 6.45) is 1.71. The SMILES string of the molecule is NNc1nc2ncccc2cc1-c1ccc(Cl)cc1. The van der Waals surface area contributed by atoms with Gasteiger partial charge in [-0.25, -0.2) is 15.8 Å². The molecule has 3 rings (SSSR count). The molecular formula is C14H11ClN4. The molecule has 2 heterocycles. The second-order valence-corrected chi connectivity index (χ2v) is 4.52. The molecule has 0 atom stereocenters. The molecule has 3 aromatic rings. The fraction of sp³-hybridized carbons (Fsp3) is 0. The van der Waals surface area contributed by atoms with Crippen LogP contribution in [-0.4, -0.2) is 9.97 Å². The number of benzene rings is 1. The van der Waals surface area contributed by atoms with E-state index in [1.165, 1.54) is 0 Å². The first-order valence-electron chi connectivity index (χ1n) is 5.76. The molecule has 0 bridgehead atoms. The van der Waals surface area contributed by atoms with Crippen LogP contribution in [0.25, 0.3) is 22.2 Å². The standard InChI is InChI=1S/C14H11ClN4/c15-11-5-3-9(4-6-11)12-8-10-2-1-7-17-13(10)18-14(12)19-16/h1-8H,16H2,(H,17,18,19). The van der Waals surface area contributed by atoms with Crippen molar-refractivity contribution in [3.05, 3.63) is 53.7 Å². The molecule has 0 spiro atoms. The number of nitrogens with one attached hydrogen (secondary N) is 1. The number of fused-ring (bicyclic) bond motifs is 1. The van der Waals surface area contributed by atoms with Gasteiger partial charge < -0.3 is 5.43 Å². The van der Waals surface area contributed by atoms with Crippen LogP contribution in [0.2, 0.25) is 5.02 Å². The van der Waals surface area contributed by atoms with Gasteiger partial charge in [-0.2, -0.15) is 0 Å². The number of pyridine rings is 2. The molecule has 2 aromatic heterocycles. The highest BCUT2D eigenvalue weighted by atomic mass is 35.5. The van der Waals surface area contributed by atoms with E-state index in [4.69, 9.17) is 17.4 Å². The lowest BCUT2D eigenvalue weighted by Gasteiger charge is -2.09. The molecule has 0 aliphatic carbocycles. The lowest BCUT2D eigenvalue weighted by molar-refractivity contribution is 1.23. The molecular weight excluding hydrogens is 260 g/mol. The van der Waals surface area contributed by atoms with Gasteiger partial charge in [-0.1, -0.05) is 23.7 Å². The van der Waals surface area contributed by atoms with E-state index in [9.17, 15) is 0 Å². The zero-order chi connectivity index (χ0) is 13.2. The first-order valence-corrected chi connectivity index (χ1v) is 6.14. The molecule has 0 aliphatic heterocycles. The van der Waals surface area contributed by atoms with Crippen molar-refractivity contribution in [3.63, 3.8) is 0 Å². The minimum absolute atomic E-state index is 0.591. The van der Waals surface area contributed by atoms with Crippen LogP contribution in [0, 0.1) is 0 Å². The summed E-state index contributed by atoms with van der Waals surface area (Å²) in [5.74, 6) is 6.13. The molecule has 0 unspecified atom stereocenters. The van der Waals surface area contributed by atoms with E-state index in [0.29, 0.717) is 16.5 Å². The Labute approximate surface area is 115 Å². The zero-order valence-electron chi connectivity index (χ0n) is 9.97. The lowest BCUT2D eigenvalue weighted by Crippen LogP contribution is -2.10. The summed E-state index contributed by atoms with van der Waals surface area (Å²) in [5, 5.41) is 1.66. The second-order valence-electron chi connectivity index (χ2n) is 4.09. The van der Waals surface area contributed by atoms with Crippen LogP contribution in [-0.2, 0) is 0 Å². The topological polar surface area (TPSA) is 63.8 Å². The summed E-state index contributed by atoms with van der Waals surface area (Å²) in [6, 6.07) is 13.4. The normalized spacial score (nSPS) is 10.6. The van der Waals surface area contributed by atoms with Crippen molar-refractivity contribution >= 4 is 28.5 Å². The van der Waals surface area contributed by atoms with Gasteiger partial charge in [-0.05, 0) is 35.9 Å². The van der Waals surface area contributed by atoms with Crippen molar-refractivity contribution in [2.45, 2.75) is 0 Å². The van der Waals surface area contributed by atoms with Gasteiger partial charge in [0.05, 0.1) is 0 Å². The number of aromatic nitrogens is 2. The van der Waals surface area contributed by atoms with E-state index in [1.807, 2.05) is 42.5 Å². The Kier molecular flexibility index (Phi) is 3.03. The molecule has 0 saturated carbocycles. The molecule has 5 heteroatoms. The van der Waals surface area contributed by atoms with E-state index < -0.39 is 0 Å². The molecule has 94 valence electrons. The minimum Gasteiger partial charge on any atom is -0.308 e. The van der Waals surface area contributed by atoms with Crippen LogP contribution in [0.3, 0.4) is 0 Å². The third-order valence-electron chi connectivity index (χ3n) is 2.88. The van der Waals surface area contributed by atoms with Gasteiger partial charge in [0.2, 0.25) is 0 Å². The third kappa shape index (κ3) is 2.23. The molecule has 19 heavy (non-hydrogen) atoms. The molecule has 0 saturated heterocycles. The van der Waals surface area contributed by atoms with Crippen molar-refractivity contribution in [1.82, 2.24) is 9.97 Å². The minimum atomic E-state index is 0.591. The monoisotopic (exact) mass is 270 g/mol. The fourth-order valence-corrected chi connectivity index (χ4v) is 2.09. The maximum absolute atomic E-state index is 5.90. The van der Waals surface area contributed by atoms with Crippen molar-refractivity contribution in [2.75, 3.05) is 5.43 Å². The summed E-state index contributed by atoms with van der Waals surface area (Å²) in [5.41, 5.74) is 5.19. The Morgan fingerprint density at radius 2 is 1.89 bits per heavy atom. The summed E-state index contributed by atoms with van der Waals surface area (Å²) >= 11 is 5.90. The maximum atomic E-state index is 5.90. The van der Waals surface area contributed by atoms with E-state index in [0.717, 1.165) is 16.5 Å². The number of nitrogens with two attached hydrogens (primary N) is 1. The molecule has 3 N–H and O–H groups in total. The molecule has 0 fully saturated rings. The number of nitrogens with zero attached hydrogens (tertiary/aromatic N) is 2. The predicted octanol–water partition coefficient (Wildman–Crippen LogP) is 3.24. The van der Waals surface area contributed by atoms with Crippen LogP contribution >= 0.6 is 11.6 Å². The Hall–Kier alpha value is -2.17. The molecule has 4 nitrogen and oxygen atoms in total. The van der Waals surface area contributed by atoms with E-state index >= 15 is 0 Å². The molecule has 0 aliphatic rings. The summed E-state index contributed by atoms with van der Waals surface area (Å²) in [6.45, 7) is 0. The van der Waals surface area contributed by atoms with Crippen LogP contribution < -0.4 is 11.3 Å². The van der Waals surface area contributed by atoms with Gasteiger partial charge in [-0.15, -0.1) is 0 Å². The van der Waals surface area contributed by atoms with Gasteiger partial charge >= 0.3 is 0 Å². The van der Waals surface area contributed by atoms with Crippen molar-refractivity contribution in [2.24, 2.45) is 5.84 Å². The Bertz CT molecular complexity index is 725. The Balaban J connectivity index is 2.23. The number of hydrogen-bond donors (Lipinski definition) is 2. The van der Waals surface area contributed by atoms with Gasteiger partial charge in [0, 0.05) is 22.2 Å². The fourth-order valence-electron chi connectivity index (χ4n) is 1.96. The number of rotatable bonds is 2. The largest absolute Gasteiger partial charge is 0.308 e. The first kappa shape index (κ1) is 11.9. The number of hydrogen-bond acceptors (Lipinski definition) is 4. The van der Waals surface area contributed by atoms with E-state index in [2.05, 4.69) is 15.4 Å². The van der Waals surface area contributed by atoms with Gasteiger partial charge in [-0.3, -0.25) is 0 Å². The predicted molar refractivity (Wildman–Crippen MR) is 77.8 cm³/mol. The first-order chi connectivity index (χ1) is 9.28. The zero-order valence-corrected chi connectivity index (χ0v) is 10.7. The van der Waals surface area contributed by atoms with Crippen molar-refractivity contribution < 1.29 is 0 Å². The smallest absolute Gasteiger partial charge is 0.161 e. The summed E-state index contributed by atoms with van der Waals surface area (Å²) in [4.78, 5) is 8.62. The molecule has 0 radical (unpaired) electrons. The average molecular weight is 271 g/mol. The van der Waals surface area contributed by atoms with Crippen LogP contribution in [0.5, 0.6) is 0 Å². The van der Waals surface area contributed by atoms with E-state index in [1.54, 1.807) is 6.20 Å². The Morgan fingerprint density at radius 1 is 1.11 bits per heavy atom. The third-order valence-corrected chi connectivity index (χ3v) is 3.13. The van der Waals surface area contributed by atoms with Gasteiger partial charge in [0.15, 0.2) is 5.65 Å². The quantitative estimate of drug-likeness (QED) is 0.554. The van der Waals surface area contributed by atoms with Crippen molar-refractivity contribution in [3.8, 4) is 11.1 Å². The second kappa shape index (κ2) is 4.84. The maximum Gasteiger partial charge on any atom is 0.161 e. The van der Waals surface area contributed by atoms with Gasteiger partial charge in [0.1, 0.15) is 5.82 Å². The number of hydrazine groups is 1. The Morgan fingerprint density at radius 3 is 2.63 bits per heavy atom. The highest BCUT2D eigenvalue weighted by Gasteiger charge is 2.08.